The third kappa shape index (κ3) is 5.20. The van der Waals surface area contributed by atoms with E-state index in [1.54, 1.807) is 14.2 Å². The van der Waals surface area contributed by atoms with Crippen LogP contribution in [0.25, 0.3) is 0 Å². The Morgan fingerprint density at radius 2 is 1.89 bits per heavy atom. The highest BCUT2D eigenvalue weighted by Crippen LogP contribution is 2.18. The van der Waals surface area contributed by atoms with E-state index in [1.165, 1.54) is 0 Å². The van der Waals surface area contributed by atoms with E-state index in [1.807, 2.05) is 0 Å². The molecule has 0 aromatic rings. The van der Waals surface area contributed by atoms with Crippen molar-refractivity contribution >= 4 is 0 Å². The minimum Gasteiger partial charge on any atom is -0.381 e. The summed E-state index contributed by atoms with van der Waals surface area (Å²) in [5.41, 5.74) is 5.86. The van der Waals surface area contributed by atoms with E-state index in [4.69, 9.17) is 19.9 Å². The fourth-order valence-corrected chi connectivity index (χ4v) is 2.45. The summed E-state index contributed by atoms with van der Waals surface area (Å²) in [5, 5.41) is 0. The minimum absolute atomic E-state index is 0.171. The molecule has 0 radical (unpaired) electrons. The van der Waals surface area contributed by atoms with Crippen molar-refractivity contribution in [3.8, 4) is 0 Å². The topological polar surface area (TPSA) is 57.0 Å². The first-order valence-electron chi connectivity index (χ1n) is 6.74. The van der Waals surface area contributed by atoms with Gasteiger partial charge in [0.2, 0.25) is 0 Å². The first-order chi connectivity index (χ1) is 8.71. The summed E-state index contributed by atoms with van der Waals surface area (Å²) in [5.74, 6) is 0.723. The van der Waals surface area contributed by atoms with Gasteiger partial charge in [-0.3, -0.25) is 0 Å². The van der Waals surface area contributed by atoms with E-state index in [0.717, 1.165) is 44.9 Å². The van der Waals surface area contributed by atoms with Crippen molar-refractivity contribution in [2.75, 3.05) is 47.6 Å². The Morgan fingerprint density at radius 1 is 1.28 bits per heavy atom. The van der Waals surface area contributed by atoms with Crippen molar-refractivity contribution in [2.24, 2.45) is 11.7 Å². The molecule has 18 heavy (non-hydrogen) atoms. The van der Waals surface area contributed by atoms with Crippen LogP contribution in [0.1, 0.15) is 19.3 Å². The number of hydrogen-bond acceptors (Lipinski definition) is 5. The molecule has 0 saturated carbocycles. The standard InChI is InChI=1S/C13H28N2O3/c1-15(10-11-4-6-18-7-5-11)12(9-14)8-13(16-2)17-3/h11-13H,4-10,14H2,1-3H3. The fourth-order valence-electron chi connectivity index (χ4n) is 2.45. The Balaban J connectivity index is 2.37. The number of ether oxygens (including phenoxy) is 3. The highest BCUT2D eigenvalue weighted by atomic mass is 16.7. The van der Waals surface area contributed by atoms with Gasteiger partial charge in [0.15, 0.2) is 6.29 Å². The Hall–Kier alpha value is -0.200. The van der Waals surface area contributed by atoms with Crippen molar-refractivity contribution in [3.63, 3.8) is 0 Å². The first kappa shape index (κ1) is 15.9. The molecular weight excluding hydrogens is 232 g/mol. The molecule has 1 rings (SSSR count). The lowest BCUT2D eigenvalue weighted by Gasteiger charge is -2.33. The molecule has 5 nitrogen and oxygen atoms in total. The van der Waals surface area contributed by atoms with Gasteiger partial charge < -0.3 is 24.8 Å². The van der Waals surface area contributed by atoms with Crippen LogP contribution in [0, 0.1) is 5.92 Å². The van der Waals surface area contributed by atoms with Crippen LogP contribution in [-0.4, -0.2) is 64.8 Å². The molecule has 0 amide bonds. The molecule has 1 unspecified atom stereocenters. The van der Waals surface area contributed by atoms with Gasteiger partial charge in [-0.25, -0.2) is 0 Å². The van der Waals surface area contributed by atoms with Crippen LogP contribution in [0.2, 0.25) is 0 Å². The number of rotatable bonds is 8. The van der Waals surface area contributed by atoms with Gasteiger partial charge in [0, 0.05) is 53.0 Å². The van der Waals surface area contributed by atoms with Crippen LogP contribution in [0.4, 0.5) is 0 Å². The third-order valence-electron chi connectivity index (χ3n) is 3.77. The monoisotopic (exact) mass is 260 g/mol. The molecule has 1 heterocycles. The van der Waals surface area contributed by atoms with E-state index in [2.05, 4.69) is 11.9 Å². The van der Waals surface area contributed by atoms with E-state index in [0.29, 0.717) is 12.6 Å². The maximum atomic E-state index is 5.86. The second kappa shape index (κ2) is 8.82. The minimum atomic E-state index is -0.171. The maximum Gasteiger partial charge on any atom is 0.158 e. The number of likely N-dealkylation sites (N-methyl/N-ethyl adjacent to an activating group) is 1. The molecule has 1 atom stereocenters. The zero-order chi connectivity index (χ0) is 13.4. The zero-order valence-corrected chi connectivity index (χ0v) is 11.9. The molecule has 0 aromatic heterocycles. The zero-order valence-electron chi connectivity index (χ0n) is 11.9. The van der Waals surface area contributed by atoms with Crippen molar-refractivity contribution in [1.82, 2.24) is 4.90 Å². The third-order valence-corrected chi connectivity index (χ3v) is 3.77. The van der Waals surface area contributed by atoms with Crippen LogP contribution >= 0.6 is 0 Å². The number of nitrogens with two attached hydrogens (primary N) is 1. The summed E-state index contributed by atoms with van der Waals surface area (Å²) in [7, 11) is 5.47. The first-order valence-corrected chi connectivity index (χ1v) is 6.74. The van der Waals surface area contributed by atoms with Gasteiger partial charge in [-0.2, -0.15) is 0 Å². The lowest BCUT2D eigenvalue weighted by molar-refractivity contribution is -0.116. The molecule has 0 spiro atoms. The molecular formula is C13H28N2O3. The highest BCUT2D eigenvalue weighted by Gasteiger charge is 2.22. The van der Waals surface area contributed by atoms with Crippen molar-refractivity contribution in [1.29, 1.82) is 0 Å². The Morgan fingerprint density at radius 3 is 2.39 bits per heavy atom. The Kier molecular flexibility index (Phi) is 7.77. The second-order valence-electron chi connectivity index (χ2n) is 5.02. The molecule has 5 heteroatoms. The smallest absolute Gasteiger partial charge is 0.158 e. The van der Waals surface area contributed by atoms with E-state index in [-0.39, 0.29) is 6.29 Å². The van der Waals surface area contributed by atoms with Crippen molar-refractivity contribution < 1.29 is 14.2 Å². The van der Waals surface area contributed by atoms with Gasteiger partial charge in [-0.05, 0) is 25.8 Å². The quantitative estimate of drug-likeness (QED) is 0.650. The van der Waals surface area contributed by atoms with E-state index >= 15 is 0 Å². The van der Waals surface area contributed by atoms with Gasteiger partial charge in [0.25, 0.3) is 0 Å². The summed E-state index contributed by atoms with van der Waals surface area (Å²) >= 11 is 0. The highest BCUT2D eigenvalue weighted by molar-refractivity contribution is 4.75. The predicted molar refractivity (Wildman–Crippen MR) is 71.4 cm³/mol. The number of hydrogen-bond donors (Lipinski definition) is 1. The van der Waals surface area contributed by atoms with Crippen LogP contribution in [0.15, 0.2) is 0 Å². The SMILES string of the molecule is COC(CC(CN)N(C)CC1CCOCC1)OC. The van der Waals surface area contributed by atoms with Crippen LogP contribution in [0.3, 0.4) is 0 Å². The molecule has 1 saturated heterocycles. The molecule has 0 bridgehead atoms. The lowest BCUT2D eigenvalue weighted by Crippen LogP contribution is -2.43. The largest absolute Gasteiger partial charge is 0.381 e. The lowest BCUT2D eigenvalue weighted by atomic mass is 9.99. The molecule has 1 fully saturated rings. The molecule has 2 N–H and O–H groups in total. The predicted octanol–water partition coefficient (Wildman–Crippen LogP) is 0.681. The van der Waals surface area contributed by atoms with Gasteiger partial charge in [-0.1, -0.05) is 0 Å². The summed E-state index contributed by atoms with van der Waals surface area (Å²) in [6.45, 7) is 3.49. The molecule has 0 aliphatic carbocycles. The van der Waals surface area contributed by atoms with Gasteiger partial charge in [0.1, 0.15) is 0 Å². The van der Waals surface area contributed by atoms with Crippen LogP contribution in [-0.2, 0) is 14.2 Å². The van der Waals surface area contributed by atoms with Crippen molar-refractivity contribution in [2.45, 2.75) is 31.6 Å². The summed E-state index contributed by atoms with van der Waals surface area (Å²) < 4.78 is 15.9. The number of methoxy groups -OCH3 is 2. The van der Waals surface area contributed by atoms with Crippen molar-refractivity contribution in [3.05, 3.63) is 0 Å². The van der Waals surface area contributed by atoms with Gasteiger partial charge in [0.05, 0.1) is 0 Å². The fraction of sp³-hybridized carbons (Fsp3) is 1.00. The van der Waals surface area contributed by atoms with Gasteiger partial charge in [-0.15, -0.1) is 0 Å². The molecule has 108 valence electrons. The normalized spacial score (nSPS) is 19.7. The average molecular weight is 260 g/mol. The van der Waals surface area contributed by atoms with E-state index in [9.17, 15) is 0 Å². The number of nitrogens with zero attached hydrogens (tertiary/aromatic N) is 1. The summed E-state index contributed by atoms with van der Waals surface area (Å²) in [4.78, 5) is 2.33. The Bertz CT molecular complexity index is 206. The summed E-state index contributed by atoms with van der Waals surface area (Å²) in [6.07, 6.45) is 2.94. The Labute approximate surface area is 111 Å². The molecule has 1 aliphatic rings. The van der Waals surface area contributed by atoms with Crippen LogP contribution < -0.4 is 5.73 Å². The van der Waals surface area contributed by atoms with Crippen LogP contribution in [0.5, 0.6) is 0 Å². The maximum absolute atomic E-state index is 5.86. The van der Waals surface area contributed by atoms with Gasteiger partial charge >= 0.3 is 0 Å². The molecule has 0 aromatic carbocycles. The second-order valence-corrected chi connectivity index (χ2v) is 5.02. The summed E-state index contributed by atoms with van der Waals surface area (Å²) in [6, 6.07) is 0.303. The van der Waals surface area contributed by atoms with E-state index < -0.39 is 0 Å². The average Bonchev–Trinajstić information content (AvgIpc) is 2.41. The molecule has 1 aliphatic heterocycles.